The van der Waals surface area contributed by atoms with Gasteiger partial charge in [-0.25, -0.2) is 0 Å². The van der Waals surface area contributed by atoms with E-state index >= 15 is 0 Å². The first-order chi connectivity index (χ1) is 13.0. The van der Waals surface area contributed by atoms with E-state index in [-0.39, 0.29) is 0 Å². The highest BCUT2D eigenvalue weighted by Gasteiger charge is 2.12. The summed E-state index contributed by atoms with van der Waals surface area (Å²) >= 11 is 18.2. The molecule has 140 valence electrons. The quantitative estimate of drug-likeness (QED) is 0.452. The largest absolute Gasteiger partial charge is 0.493 e. The van der Waals surface area contributed by atoms with Gasteiger partial charge in [0.05, 0.1) is 12.1 Å². The Morgan fingerprint density at radius 1 is 0.815 bits per heavy atom. The second kappa shape index (κ2) is 9.23. The summed E-state index contributed by atoms with van der Waals surface area (Å²) in [6, 6.07) is 18.8. The summed E-state index contributed by atoms with van der Waals surface area (Å²) < 4.78 is 11.3. The van der Waals surface area contributed by atoms with Crippen LogP contribution >= 0.6 is 34.8 Å². The maximum atomic E-state index is 6.44. The van der Waals surface area contributed by atoms with Crippen LogP contribution in [0.3, 0.4) is 0 Å². The van der Waals surface area contributed by atoms with Crippen molar-refractivity contribution in [2.45, 2.75) is 13.2 Å². The topological polar surface area (TPSA) is 30.5 Å². The van der Waals surface area contributed by atoms with Crippen molar-refractivity contribution < 1.29 is 9.47 Å². The monoisotopic (exact) mass is 421 g/mol. The summed E-state index contributed by atoms with van der Waals surface area (Å²) in [5.41, 5.74) is 2.94. The highest BCUT2D eigenvalue weighted by Crippen LogP contribution is 2.37. The fraction of sp³-hybridized carbons (Fsp3) is 0.143. The molecule has 0 aliphatic heterocycles. The molecule has 3 aromatic rings. The van der Waals surface area contributed by atoms with E-state index in [9.17, 15) is 0 Å². The summed E-state index contributed by atoms with van der Waals surface area (Å²) in [6.45, 7) is 0.963. The van der Waals surface area contributed by atoms with Crippen LogP contribution in [-0.2, 0) is 13.2 Å². The zero-order valence-electron chi connectivity index (χ0n) is 14.6. The lowest BCUT2D eigenvalue weighted by atomic mass is 10.2. The highest BCUT2D eigenvalue weighted by molar-refractivity contribution is 6.32. The molecule has 0 fully saturated rings. The van der Waals surface area contributed by atoms with Crippen LogP contribution in [0.2, 0.25) is 15.1 Å². The summed E-state index contributed by atoms with van der Waals surface area (Å²) in [5, 5.41) is 5.21. The molecule has 3 nitrogen and oxygen atoms in total. The molecule has 0 radical (unpaired) electrons. The fourth-order valence-electron chi connectivity index (χ4n) is 2.52. The van der Waals surface area contributed by atoms with E-state index in [2.05, 4.69) is 5.32 Å². The van der Waals surface area contributed by atoms with E-state index in [1.165, 1.54) is 0 Å². The number of methoxy groups -OCH3 is 1. The molecule has 0 bridgehead atoms. The molecule has 0 saturated carbocycles. The Kier molecular flexibility index (Phi) is 6.73. The number of anilines is 1. The van der Waals surface area contributed by atoms with Gasteiger partial charge in [-0.1, -0.05) is 46.9 Å². The summed E-state index contributed by atoms with van der Waals surface area (Å²) in [7, 11) is 1.59. The van der Waals surface area contributed by atoms with E-state index in [1.54, 1.807) is 7.11 Å². The molecule has 3 aromatic carbocycles. The molecule has 6 heteroatoms. The van der Waals surface area contributed by atoms with Gasteiger partial charge in [-0.05, 0) is 59.7 Å². The van der Waals surface area contributed by atoms with Gasteiger partial charge in [0.2, 0.25) is 0 Å². The van der Waals surface area contributed by atoms with Gasteiger partial charge in [0.15, 0.2) is 11.5 Å². The van der Waals surface area contributed by atoms with Gasteiger partial charge < -0.3 is 14.8 Å². The van der Waals surface area contributed by atoms with Crippen LogP contribution in [0.5, 0.6) is 11.5 Å². The number of ether oxygens (including phenoxy) is 2. The minimum Gasteiger partial charge on any atom is -0.493 e. The second-order valence-electron chi connectivity index (χ2n) is 5.88. The standard InChI is InChI=1S/C21H18Cl3NO2/c1-26-20-11-15(12-25-18-8-6-17(23)7-9-18)10-19(24)21(20)27-13-14-2-4-16(22)5-3-14/h2-11,25H,12-13H2,1H3. The first kappa shape index (κ1) is 19.7. The molecule has 0 atom stereocenters. The lowest BCUT2D eigenvalue weighted by Crippen LogP contribution is -2.02. The molecule has 0 heterocycles. The predicted octanol–water partition coefficient (Wildman–Crippen LogP) is 6.85. The van der Waals surface area contributed by atoms with Gasteiger partial charge in [0.1, 0.15) is 6.61 Å². The van der Waals surface area contributed by atoms with E-state index in [4.69, 9.17) is 44.3 Å². The van der Waals surface area contributed by atoms with Crippen molar-refractivity contribution in [2.24, 2.45) is 0 Å². The second-order valence-corrected chi connectivity index (χ2v) is 7.16. The number of hydrogen-bond donors (Lipinski definition) is 1. The highest BCUT2D eigenvalue weighted by atomic mass is 35.5. The van der Waals surface area contributed by atoms with Crippen molar-refractivity contribution in [2.75, 3.05) is 12.4 Å². The van der Waals surface area contributed by atoms with Crippen molar-refractivity contribution in [3.8, 4) is 11.5 Å². The fourth-order valence-corrected chi connectivity index (χ4v) is 3.06. The van der Waals surface area contributed by atoms with Crippen molar-refractivity contribution in [1.29, 1.82) is 0 Å². The molecule has 0 amide bonds. The van der Waals surface area contributed by atoms with Gasteiger partial charge in [-0.2, -0.15) is 0 Å². The van der Waals surface area contributed by atoms with Gasteiger partial charge in [0, 0.05) is 22.3 Å². The average Bonchev–Trinajstić information content (AvgIpc) is 2.67. The van der Waals surface area contributed by atoms with Crippen molar-refractivity contribution in [3.63, 3.8) is 0 Å². The third-order valence-corrected chi connectivity index (χ3v) is 4.71. The number of hydrogen-bond acceptors (Lipinski definition) is 3. The first-order valence-corrected chi connectivity index (χ1v) is 9.41. The minimum absolute atomic E-state index is 0.371. The van der Waals surface area contributed by atoms with Gasteiger partial charge >= 0.3 is 0 Å². The molecule has 1 N–H and O–H groups in total. The van der Waals surface area contributed by atoms with Crippen molar-refractivity contribution >= 4 is 40.5 Å². The SMILES string of the molecule is COc1cc(CNc2ccc(Cl)cc2)cc(Cl)c1OCc1ccc(Cl)cc1. The lowest BCUT2D eigenvalue weighted by Gasteiger charge is -2.15. The van der Waals surface area contributed by atoms with Crippen LogP contribution in [0.15, 0.2) is 60.7 Å². The Hall–Kier alpha value is -2.07. The normalized spacial score (nSPS) is 10.5. The summed E-state index contributed by atoms with van der Waals surface area (Å²) in [6.07, 6.45) is 0. The Morgan fingerprint density at radius 2 is 1.44 bits per heavy atom. The third kappa shape index (κ3) is 5.46. The number of rotatable bonds is 7. The van der Waals surface area contributed by atoms with E-state index < -0.39 is 0 Å². The van der Waals surface area contributed by atoms with Crippen LogP contribution in [0.1, 0.15) is 11.1 Å². The van der Waals surface area contributed by atoms with Crippen molar-refractivity contribution in [1.82, 2.24) is 0 Å². The van der Waals surface area contributed by atoms with Gasteiger partial charge in [0.25, 0.3) is 0 Å². The summed E-state index contributed by atoms with van der Waals surface area (Å²) in [5.74, 6) is 1.11. The van der Waals surface area contributed by atoms with E-state index in [0.29, 0.717) is 39.7 Å². The van der Waals surface area contributed by atoms with Crippen LogP contribution in [0.25, 0.3) is 0 Å². The summed E-state index contributed by atoms with van der Waals surface area (Å²) in [4.78, 5) is 0. The van der Waals surface area contributed by atoms with E-state index in [1.807, 2.05) is 60.7 Å². The number of halogens is 3. The average molecular weight is 423 g/mol. The minimum atomic E-state index is 0.371. The molecule has 0 aliphatic carbocycles. The molecule has 27 heavy (non-hydrogen) atoms. The zero-order valence-corrected chi connectivity index (χ0v) is 16.9. The Balaban J connectivity index is 1.70. The maximum Gasteiger partial charge on any atom is 0.180 e. The number of benzene rings is 3. The molecule has 0 unspecified atom stereocenters. The molecule has 0 aromatic heterocycles. The van der Waals surface area contributed by atoms with Gasteiger partial charge in [-0.3, -0.25) is 0 Å². The predicted molar refractivity (Wildman–Crippen MR) is 113 cm³/mol. The Labute approximate surface area is 173 Å². The van der Waals surface area contributed by atoms with Crippen LogP contribution in [0, 0.1) is 0 Å². The third-order valence-electron chi connectivity index (χ3n) is 3.93. The number of nitrogens with one attached hydrogen (secondary N) is 1. The molecular formula is C21H18Cl3NO2. The molecular weight excluding hydrogens is 405 g/mol. The maximum absolute atomic E-state index is 6.44. The molecule has 0 spiro atoms. The molecule has 3 rings (SSSR count). The van der Waals surface area contributed by atoms with Crippen LogP contribution in [0.4, 0.5) is 5.69 Å². The van der Waals surface area contributed by atoms with Crippen molar-refractivity contribution in [3.05, 3.63) is 86.9 Å². The lowest BCUT2D eigenvalue weighted by molar-refractivity contribution is 0.284. The molecule has 0 saturated heterocycles. The first-order valence-electron chi connectivity index (χ1n) is 8.28. The Bertz CT molecular complexity index is 897. The van der Waals surface area contributed by atoms with E-state index in [0.717, 1.165) is 16.8 Å². The molecule has 0 aliphatic rings. The van der Waals surface area contributed by atoms with Gasteiger partial charge in [-0.15, -0.1) is 0 Å². The van der Waals surface area contributed by atoms with Crippen LogP contribution < -0.4 is 14.8 Å². The smallest absolute Gasteiger partial charge is 0.180 e. The van der Waals surface area contributed by atoms with Crippen LogP contribution in [-0.4, -0.2) is 7.11 Å². The Morgan fingerprint density at radius 3 is 2.07 bits per heavy atom. The zero-order chi connectivity index (χ0) is 19.2.